The Morgan fingerprint density at radius 2 is 2.08 bits per heavy atom. The number of nitrogens with two attached hydrogens (primary N) is 1. The highest BCUT2D eigenvalue weighted by Crippen LogP contribution is 2.06. The van der Waals surface area contributed by atoms with Crippen molar-refractivity contribution in [3.8, 4) is 0 Å². The van der Waals surface area contributed by atoms with E-state index in [9.17, 15) is 4.79 Å². The lowest BCUT2D eigenvalue weighted by Gasteiger charge is -2.19. The lowest BCUT2D eigenvalue weighted by molar-refractivity contribution is 0.0564. The molecule has 0 aliphatic carbocycles. The first-order chi connectivity index (χ1) is 5.35. The molecule has 12 heavy (non-hydrogen) atoms. The maximum atomic E-state index is 11.0. The predicted octanol–water partition coefficient (Wildman–Crippen LogP) is 0.797. The Kier molecular flexibility index (Phi) is 4.12. The van der Waals surface area contributed by atoms with Crippen LogP contribution in [0.5, 0.6) is 0 Å². The van der Waals surface area contributed by atoms with E-state index in [0.717, 1.165) is 0 Å². The van der Waals surface area contributed by atoms with Crippen molar-refractivity contribution in [2.75, 3.05) is 6.54 Å². The van der Waals surface area contributed by atoms with Gasteiger partial charge >= 0.3 is 6.09 Å². The molecule has 0 fully saturated rings. The van der Waals surface area contributed by atoms with Crippen LogP contribution >= 0.6 is 12.2 Å². The Labute approximate surface area is 77.5 Å². The van der Waals surface area contributed by atoms with E-state index in [2.05, 4.69) is 17.5 Å². The van der Waals surface area contributed by atoms with E-state index in [1.54, 1.807) is 20.8 Å². The van der Waals surface area contributed by atoms with Crippen molar-refractivity contribution in [3.05, 3.63) is 0 Å². The number of hydrogen-bond donors (Lipinski definition) is 2. The minimum Gasteiger partial charge on any atom is -0.444 e. The van der Waals surface area contributed by atoms with E-state index < -0.39 is 11.7 Å². The monoisotopic (exact) mass is 190 g/mol. The molecule has 4 nitrogen and oxygen atoms in total. The van der Waals surface area contributed by atoms with Gasteiger partial charge in [0.15, 0.2) is 0 Å². The average Bonchev–Trinajstić information content (AvgIpc) is 1.82. The van der Waals surface area contributed by atoms with Crippen LogP contribution in [0.2, 0.25) is 0 Å². The van der Waals surface area contributed by atoms with E-state index in [0.29, 0.717) is 0 Å². The Morgan fingerprint density at radius 3 is 2.42 bits per heavy atom. The first kappa shape index (κ1) is 11.3. The van der Waals surface area contributed by atoms with Crippen molar-refractivity contribution in [3.63, 3.8) is 0 Å². The lowest BCUT2D eigenvalue weighted by Crippen LogP contribution is -2.38. The number of amides is 1. The molecule has 0 spiro atoms. The number of alkyl carbamates (subject to hydrolysis) is 1. The van der Waals surface area contributed by atoms with Gasteiger partial charge in [0.25, 0.3) is 0 Å². The minimum atomic E-state index is -0.557. The van der Waals surface area contributed by atoms with Crippen LogP contribution in [0.1, 0.15) is 20.8 Å². The Hall–Kier alpha value is -0.680. The third kappa shape index (κ3) is 6.06. The molecule has 0 aromatic heterocycles. The number of nitrogens with one attached hydrogen (secondary N) is 1. The zero-order chi connectivity index (χ0) is 9.78. The fourth-order valence-electron chi connectivity index (χ4n) is 0.468. The first-order valence-corrected chi connectivity index (χ1v) is 3.99. The van der Waals surface area contributed by atoms with Gasteiger partial charge in [0.1, 0.15) is 5.60 Å². The van der Waals surface area contributed by atoms with Crippen LogP contribution < -0.4 is 11.1 Å². The topological polar surface area (TPSA) is 64.3 Å². The summed E-state index contributed by atoms with van der Waals surface area (Å²) in [5.74, 6) is 0. The molecule has 0 atom stereocenters. The van der Waals surface area contributed by atoms with Crippen molar-refractivity contribution in [2.45, 2.75) is 26.4 Å². The second kappa shape index (κ2) is 4.37. The zero-order valence-electron chi connectivity index (χ0n) is 7.51. The Bertz CT molecular complexity index is 186. The molecule has 0 heterocycles. The number of carbonyl (C=O) groups excluding carboxylic acids is 1. The summed E-state index contributed by atoms with van der Waals surface area (Å²) < 4.78 is 4.92. The lowest BCUT2D eigenvalue weighted by atomic mass is 10.2. The molecule has 0 aliphatic rings. The smallest absolute Gasteiger partial charge is 0.412 e. The van der Waals surface area contributed by atoms with E-state index in [1.807, 2.05) is 0 Å². The third-order valence-electron chi connectivity index (χ3n) is 0.826. The van der Waals surface area contributed by atoms with E-state index in [-0.39, 0.29) is 11.5 Å². The quantitative estimate of drug-likeness (QED) is 0.600. The maximum absolute atomic E-state index is 11.0. The van der Waals surface area contributed by atoms with Crippen LogP contribution in [0.25, 0.3) is 0 Å². The van der Waals surface area contributed by atoms with Gasteiger partial charge in [0, 0.05) is 6.54 Å². The highest BCUT2D eigenvalue weighted by molar-refractivity contribution is 7.80. The summed E-state index contributed by atoms with van der Waals surface area (Å²) in [7, 11) is 0. The summed E-state index contributed by atoms with van der Waals surface area (Å²) in [4.78, 5) is 11.2. The van der Waals surface area contributed by atoms with Gasteiger partial charge in [-0.15, -0.1) is 0 Å². The largest absolute Gasteiger partial charge is 0.444 e. The summed E-state index contributed by atoms with van der Waals surface area (Å²) in [5, 5.41) is 2.33. The summed E-state index contributed by atoms with van der Waals surface area (Å²) >= 11 is 4.68. The summed E-state index contributed by atoms with van der Waals surface area (Å²) in [6, 6.07) is 0. The first-order valence-electron chi connectivity index (χ1n) is 3.58. The summed E-state index contributed by atoms with van der Waals surface area (Å²) in [6.07, 6.45) is -0.557. The van der Waals surface area contributed by atoms with Crippen molar-refractivity contribution >= 4 is 23.3 Å². The standard InChI is InChI=1S/C7H14N2O2S/c1-7(2,3)11-6(10)9-5(12)4-8/h4,8H2,1-3H3,(H,9,10,12). The fraction of sp³-hybridized carbons (Fsp3) is 0.714. The second-order valence-corrected chi connectivity index (χ2v) is 3.75. The van der Waals surface area contributed by atoms with Crippen LogP contribution in [0.4, 0.5) is 4.79 Å². The zero-order valence-corrected chi connectivity index (χ0v) is 8.33. The molecule has 0 aliphatic heterocycles. The molecule has 0 aromatic carbocycles. The van der Waals surface area contributed by atoms with Gasteiger partial charge < -0.3 is 10.5 Å². The van der Waals surface area contributed by atoms with Crippen LogP contribution in [0, 0.1) is 0 Å². The van der Waals surface area contributed by atoms with Crippen molar-refractivity contribution in [1.82, 2.24) is 5.32 Å². The van der Waals surface area contributed by atoms with Crippen LogP contribution in [0.15, 0.2) is 0 Å². The van der Waals surface area contributed by atoms with E-state index >= 15 is 0 Å². The van der Waals surface area contributed by atoms with Gasteiger partial charge in [-0.1, -0.05) is 12.2 Å². The van der Waals surface area contributed by atoms with Crippen molar-refractivity contribution in [1.29, 1.82) is 0 Å². The van der Waals surface area contributed by atoms with Gasteiger partial charge in [-0.2, -0.15) is 0 Å². The van der Waals surface area contributed by atoms with Crippen LogP contribution in [-0.2, 0) is 4.74 Å². The Morgan fingerprint density at radius 1 is 1.58 bits per heavy atom. The molecular weight excluding hydrogens is 176 g/mol. The predicted molar refractivity (Wildman–Crippen MR) is 51.0 cm³/mol. The fourth-order valence-corrected chi connectivity index (χ4v) is 0.552. The SMILES string of the molecule is CC(C)(C)OC(=O)NC(=S)CN. The molecule has 70 valence electrons. The van der Waals surface area contributed by atoms with E-state index in [4.69, 9.17) is 10.5 Å². The normalized spacial score (nSPS) is 10.7. The van der Waals surface area contributed by atoms with E-state index in [1.165, 1.54) is 0 Å². The average molecular weight is 190 g/mol. The maximum Gasteiger partial charge on any atom is 0.412 e. The minimum absolute atomic E-state index is 0.147. The summed E-state index contributed by atoms with van der Waals surface area (Å²) in [5.41, 5.74) is 4.67. The number of carbonyl (C=O) groups is 1. The van der Waals surface area contributed by atoms with Gasteiger partial charge in [-0.05, 0) is 20.8 Å². The van der Waals surface area contributed by atoms with Gasteiger partial charge in [0.05, 0.1) is 4.99 Å². The molecule has 1 amide bonds. The molecule has 0 saturated carbocycles. The molecular formula is C7H14N2O2S. The summed E-state index contributed by atoms with van der Waals surface area (Å²) in [6.45, 7) is 5.47. The number of hydrogen-bond acceptors (Lipinski definition) is 4. The molecule has 0 bridgehead atoms. The number of rotatable bonds is 1. The van der Waals surface area contributed by atoms with Crippen molar-refractivity contribution < 1.29 is 9.53 Å². The van der Waals surface area contributed by atoms with Gasteiger partial charge in [-0.3, -0.25) is 5.32 Å². The van der Waals surface area contributed by atoms with Gasteiger partial charge in [0.2, 0.25) is 0 Å². The Balaban J connectivity index is 3.83. The van der Waals surface area contributed by atoms with Crippen molar-refractivity contribution in [2.24, 2.45) is 5.73 Å². The van der Waals surface area contributed by atoms with Crippen LogP contribution in [0.3, 0.4) is 0 Å². The molecule has 0 unspecified atom stereocenters. The highest BCUT2D eigenvalue weighted by Gasteiger charge is 2.16. The molecule has 3 N–H and O–H groups in total. The second-order valence-electron chi connectivity index (χ2n) is 3.25. The molecule has 0 rings (SSSR count). The van der Waals surface area contributed by atoms with Crippen LogP contribution in [-0.4, -0.2) is 23.2 Å². The highest BCUT2D eigenvalue weighted by atomic mass is 32.1. The molecule has 0 saturated heterocycles. The van der Waals surface area contributed by atoms with Gasteiger partial charge in [-0.25, -0.2) is 4.79 Å². The molecule has 5 heteroatoms. The molecule has 0 radical (unpaired) electrons. The number of ether oxygens (including phenoxy) is 1. The third-order valence-corrected chi connectivity index (χ3v) is 1.09. The molecule has 0 aromatic rings. The number of thiocarbonyl (C=S) groups is 1.